The van der Waals surface area contributed by atoms with Crippen molar-refractivity contribution in [3.63, 3.8) is 0 Å². The summed E-state index contributed by atoms with van der Waals surface area (Å²) in [4.78, 5) is 12.8. The molecule has 0 radical (unpaired) electrons. The van der Waals surface area contributed by atoms with Crippen LogP contribution in [-0.2, 0) is 4.79 Å². The SMILES string of the molecule is C[C@]12CC[C@H]3[C@@H](CC(=O)[C@@]4(F)C[C@@H](O)CC[C@]34C)[C@@H]1CC[C@@H]2O. The van der Waals surface area contributed by atoms with E-state index in [4.69, 9.17) is 0 Å². The Kier molecular flexibility index (Phi) is 3.33. The summed E-state index contributed by atoms with van der Waals surface area (Å²) < 4.78 is 15.8. The number of aliphatic hydroxyl groups is 2. The van der Waals surface area contributed by atoms with Crippen molar-refractivity contribution in [3.8, 4) is 0 Å². The van der Waals surface area contributed by atoms with Gasteiger partial charge in [-0.05, 0) is 61.7 Å². The van der Waals surface area contributed by atoms with E-state index in [-0.39, 0.29) is 35.6 Å². The third-order valence-electron chi connectivity index (χ3n) is 8.49. The minimum atomic E-state index is -1.85. The first-order valence-corrected chi connectivity index (χ1v) is 9.31. The molecule has 8 atom stereocenters. The molecule has 0 aromatic carbocycles. The molecule has 0 unspecified atom stereocenters. The second kappa shape index (κ2) is 4.78. The predicted molar refractivity (Wildman–Crippen MR) is 84.5 cm³/mol. The fourth-order valence-electron chi connectivity index (χ4n) is 6.95. The molecular weight excluding hydrogens is 295 g/mol. The maximum Gasteiger partial charge on any atom is 0.176 e. The largest absolute Gasteiger partial charge is 0.393 e. The van der Waals surface area contributed by atoms with Crippen LogP contribution in [0.2, 0.25) is 0 Å². The molecule has 0 aliphatic heterocycles. The zero-order valence-electron chi connectivity index (χ0n) is 14.2. The summed E-state index contributed by atoms with van der Waals surface area (Å²) in [6.07, 6.45) is 4.14. The van der Waals surface area contributed by atoms with Crippen molar-refractivity contribution >= 4 is 5.78 Å². The zero-order valence-corrected chi connectivity index (χ0v) is 14.2. The highest BCUT2D eigenvalue weighted by molar-refractivity contribution is 5.89. The molecule has 4 aliphatic carbocycles. The lowest BCUT2D eigenvalue weighted by Gasteiger charge is -2.61. The van der Waals surface area contributed by atoms with Gasteiger partial charge in [0.1, 0.15) is 0 Å². The van der Waals surface area contributed by atoms with E-state index in [1.54, 1.807) is 0 Å². The number of halogens is 1. The molecule has 23 heavy (non-hydrogen) atoms. The molecule has 3 nitrogen and oxygen atoms in total. The average molecular weight is 324 g/mol. The topological polar surface area (TPSA) is 57.5 Å². The van der Waals surface area contributed by atoms with Gasteiger partial charge in [0, 0.05) is 18.3 Å². The second-order valence-corrected chi connectivity index (χ2v) is 9.26. The Hall–Kier alpha value is -0.480. The van der Waals surface area contributed by atoms with Gasteiger partial charge in [0.2, 0.25) is 0 Å². The van der Waals surface area contributed by atoms with E-state index in [0.29, 0.717) is 25.2 Å². The molecule has 0 saturated heterocycles. The molecule has 0 spiro atoms. The van der Waals surface area contributed by atoms with E-state index in [2.05, 4.69) is 6.92 Å². The average Bonchev–Trinajstić information content (AvgIpc) is 2.79. The Morgan fingerprint density at radius 1 is 1.04 bits per heavy atom. The highest BCUT2D eigenvalue weighted by Gasteiger charge is 2.68. The summed E-state index contributed by atoms with van der Waals surface area (Å²) in [5, 5.41) is 20.4. The van der Waals surface area contributed by atoms with Gasteiger partial charge in [-0.1, -0.05) is 13.8 Å². The van der Waals surface area contributed by atoms with Crippen LogP contribution in [-0.4, -0.2) is 33.9 Å². The molecule has 4 fully saturated rings. The molecule has 4 saturated carbocycles. The first kappa shape index (κ1) is 16.0. The third kappa shape index (κ3) is 1.85. The third-order valence-corrected chi connectivity index (χ3v) is 8.49. The van der Waals surface area contributed by atoms with Crippen LogP contribution < -0.4 is 0 Å². The number of fused-ring (bicyclic) bond motifs is 5. The number of carbonyl (C=O) groups is 1. The summed E-state index contributed by atoms with van der Waals surface area (Å²) >= 11 is 0. The van der Waals surface area contributed by atoms with Gasteiger partial charge >= 0.3 is 0 Å². The number of aliphatic hydroxyl groups excluding tert-OH is 2. The van der Waals surface area contributed by atoms with Crippen molar-refractivity contribution < 1.29 is 19.4 Å². The standard InChI is InChI=1S/C19H29FO3/c1-17-7-6-14-12(13(17)3-4-15(17)22)9-16(23)19(20)10-11(21)5-8-18(14,19)2/h11-15,21-22H,3-10H2,1-2H3/t11-,12-,13-,14-,15-,17-,18+,19-/m0/s1. The molecule has 130 valence electrons. The monoisotopic (exact) mass is 324 g/mol. The van der Waals surface area contributed by atoms with E-state index in [0.717, 1.165) is 25.7 Å². The fourth-order valence-corrected chi connectivity index (χ4v) is 6.95. The van der Waals surface area contributed by atoms with Crippen molar-refractivity contribution in [2.75, 3.05) is 0 Å². The van der Waals surface area contributed by atoms with Crippen molar-refractivity contribution in [1.29, 1.82) is 0 Å². The van der Waals surface area contributed by atoms with Gasteiger partial charge in [0.15, 0.2) is 11.5 Å². The van der Waals surface area contributed by atoms with Crippen molar-refractivity contribution in [2.45, 2.75) is 83.1 Å². The van der Waals surface area contributed by atoms with Gasteiger partial charge in [-0.3, -0.25) is 4.79 Å². The second-order valence-electron chi connectivity index (χ2n) is 9.26. The molecule has 2 N–H and O–H groups in total. The van der Waals surface area contributed by atoms with E-state index >= 15 is 4.39 Å². The van der Waals surface area contributed by atoms with Crippen LogP contribution in [0.1, 0.15) is 65.2 Å². The maximum absolute atomic E-state index is 15.8. The molecule has 4 heteroatoms. The van der Waals surface area contributed by atoms with Crippen LogP contribution in [0, 0.1) is 28.6 Å². The summed E-state index contributed by atoms with van der Waals surface area (Å²) in [5.74, 6) is 0.475. The lowest BCUT2D eigenvalue weighted by atomic mass is 9.44. The van der Waals surface area contributed by atoms with Gasteiger partial charge in [-0.25, -0.2) is 4.39 Å². The first-order chi connectivity index (χ1) is 10.7. The maximum atomic E-state index is 15.8. The number of alkyl halides is 1. The minimum Gasteiger partial charge on any atom is -0.393 e. The van der Waals surface area contributed by atoms with Crippen LogP contribution in [0.4, 0.5) is 4.39 Å². The Bertz CT molecular complexity index is 537. The summed E-state index contributed by atoms with van der Waals surface area (Å²) in [6.45, 7) is 4.13. The van der Waals surface area contributed by atoms with Gasteiger partial charge < -0.3 is 10.2 Å². The van der Waals surface area contributed by atoms with Crippen LogP contribution in [0.3, 0.4) is 0 Å². The smallest absolute Gasteiger partial charge is 0.176 e. The lowest BCUT2D eigenvalue weighted by Crippen LogP contribution is -2.65. The minimum absolute atomic E-state index is 0.0177. The molecule has 0 aromatic rings. The Balaban J connectivity index is 1.73. The predicted octanol–water partition coefficient (Wildman–Crippen LogP) is 3.02. The molecule has 0 amide bonds. The van der Waals surface area contributed by atoms with Crippen molar-refractivity contribution in [3.05, 3.63) is 0 Å². The van der Waals surface area contributed by atoms with Crippen molar-refractivity contribution in [2.24, 2.45) is 28.6 Å². The van der Waals surface area contributed by atoms with E-state index in [1.807, 2.05) is 6.92 Å². The highest BCUT2D eigenvalue weighted by atomic mass is 19.1. The summed E-state index contributed by atoms with van der Waals surface area (Å²) in [7, 11) is 0. The van der Waals surface area contributed by atoms with E-state index in [9.17, 15) is 15.0 Å². The molecular formula is C19H29FO3. The quantitative estimate of drug-likeness (QED) is 0.720. The molecule has 4 aliphatic rings. The molecule has 0 aromatic heterocycles. The number of Topliss-reactive ketones (excluding diaryl/α,β-unsaturated/α-hetero) is 1. The van der Waals surface area contributed by atoms with Gasteiger partial charge in [0.25, 0.3) is 0 Å². The molecule has 0 bridgehead atoms. The van der Waals surface area contributed by atoms with E-state index < -0.39 is 17.2 Å². The summed E-state index contributed by atoms with van der Waals surface area (Å²) in [5.41, 5.74) is -2.58. The summed E-state index contributed by atoms with van der Waals surface area (Å²) in [6, 6.07) is 0. The van der Waals surface area contributed by atoms with Crippen molar-refractivity contribution in [1.82, 2.24) is 0 Å². The first-order valence-electron chi connectivity index (χ1n) is 9.31. The van der Waals surface area contributed by atoms with Crippen LogP contribution in [0.15, 0.2) is 0 Å². The lowest BCUT2D eigenvalue weighted by molar-refractivity contribution is -0.192. The zero-order chi connectivity index (χ0) is 16.6. The normalized spacial score (nSPS) is 59.2. The number of rotatable bonds is 0. The Morgan fingerprint density at radius 2 is 1.78 bits per heavy atom. The van der Waals surface area contributed by atoms with Gasteiger partial charge in [-0.15, -0.1) is 0 Å². The van der Waals surface area contributed by atoms with E-state index in [1.165, 1.54) is 0 Å². The number of hydrogen-bond donors (Lipinski definition) is 2. The fraction of sp³-hybridized carbons (Fsp3) is 0.947. The van der Waals surface area contributed by atoms with Crippen LogP contribution >= 0.6 is 0 Å². The molecule has 0 heterocycles. The number of hydrogen-bond acceptors (Lipinski definition) is 3. The Morgan fingerprint density at radius 3 is 2.52 bits per heavy atom. The highest BCUT2D eigenvalue weighted by Crippen LogP contribution is 2.67. The number of ketones is 1. The number of carbonyl (C=O) groups excluding carboxylic acids is 1. The van der Waals surface area contributed by atoms with Crippen LogP contribution in [0.5, 0.6) is 0 Å². The molecule has 4 rings (SSSR count). The van der Waals surface area contributed by atoms with Gasteiger partial charge in [-0.2, -0.15) is 0 Å². The van der Waals surface area contributed by atoms with Gasteiger partial charge in [0.05, 0.1) is 12.2 Å². The van der Waals surface area contributed by atoms with Crippen LogP contribution in [0.25, 0.3) is 0 Å². The Labute approximate surface area is 137 Å².